The fourth-order valence-corrected chi connectivity index (χ4v) is 2.24. The van der Waals surface area contributed by atoms with E-state index < -0.39 is 0 Å². The van der Waals surface area contributed by atoms with E-state index in [4.69, 9.17) is 0 Å². The molecule has 0 N–H and O–H groups in total. The van der Waals surface area contributed by atoms with Gasteiger partial charge in [0.25, 0.3) is 5.71 Å². The summed E-state index contributed by atoms with van der Waals surface area (Å²) in [6.45, 7) is 0. The van der Waals surface area contributed by atoms with Crippen molar-refractivity contribution >= 4 is 23.0 Å². The Morgan fingerprint density at radius 3 is 2.37 bits per heavy atom. The first-order valence-corrected chi connectivity index (χ1v) is 5.97. The van der Waals surface area contributed by atoms with E-state index >= 15 is 0 Å². The molecule has 19 heavy (non-hydrogen) atoms. The first-order valence-electron chi connectivity index (χ1n) is 5.97. The molecule has 4 nitrogen and oxygen atoms in total. The van der Waals surface area contributed by atoms with Crippen LogP contribution < -0.4 is 4.90 Å². The van der Waals surface area contributed by atoms with Crippen molar-refractivity contribution in [2.24, 2.45) is 0 Å². The van der Waals surface area contributed by atoms with Crippen LogP contribution in [0.1, 0.15) is 5.56 Å². The molecular weight excluding hydrogens is 240 g/mol. The number of carbonyl (C=O) groups is 1. The van der Waals surface area contributed by atoms with Gasteiger partial charge in [0.15, 0.2) is 0 Å². The van der Waals surface area contributed by atoms with Crippen molar-refractivity contribution in [1.82, 2.24) is 0 Å². The van der Waals surface area contributed by atoms with Gasteiger partial charge in [-0.2, -0.15) is 4.74 Å². The number of amides is 1. The molecule has 2 aromatic rings. The molecule has 0 aromatic heterocycles. The minimum Gasteiger partial charge on any atom is -0.618 e. The maximum Gasteiger partial charge on any atom is 0.324 e. The van der Waals surface area contributed by atoms with Crippen molar-refractivity contribution in [3.63, 3.8) is 0 Å². The second-order valence-electron chi connectivity index (χ2n) is 4.36. The van der Waals surface area contributed by atoms with Gasteiger partial charge in [0.2, 0.25) is 5.69 Å². The van der Waals surface area contributed by atoms with E-state index in [2.05, 4.69) is 0 Å². The molecule has 4 heteroatoms. The normalized spacial score (nSPS) is 16.5. The van der Waals surface area contributed by atoms with E-state index in [9.17, 15) is 10.0 Å². The van der Waals surface area contributed by atoms with Gasteiger partial charge in [0, 0.05) is 19.2 Å². The van der Waals surface area contributed by atoms with Gasteiger partial charge in [-0.25, -0.2) is 0 Å². The third-order valence-electron chi connectivity index (χ3n) is 3.22. The standard InChI is InChI=1S/C15H12N2O2/c1-16-13-10-6-5-9-12(13)14(15(16)18)17(19)11-7-3-2-4-8-11/h2-10H,1H3/b17-14+. The molecule has 2 aromatic carbocycles. The van der Waals surface area contributed by atoms with Gasteiger partial charge < -0.3 is 10.1 Å². The molecule has 1 aliphatic heterocycles. The number of rotatable bonds is 1. The predicted octanol–water partition coefficient (Wildman–Crippen LogP) is 2.29. The van der Waals surface area contributed by atoms with Gasteiger partial charge >= 0.3 is 5.91 Å². The Kier molecular flexibility index (Phi) is 2.56. The van der Waals surface area contributed by atoms with Crippen LogP contribution in [0.25, 0.3) is 0 Å². The molecule has 0 fully saturated rings. The Balaban J connectivity index is 2.23. The summed E-state index contributed by atoms with van der Waals surface area (Å²) in [7, 11) is 1.67. The van der Waals surface area contributed by atoms with Crippen LogP contribution in [0.2, 0.25) is 0 Å². The average Bonchev–Trinajstić information content (AvgIpc) is 2.72. The molecule has 0 saturated carbocycles. The quantitative estimate of drug-likeness (QED) is 0.444. The SMILES string of the molecule is CN1C(=O)/C(=[N+](/[O-])c2ccccc2)c2ccccc21. The van der Waals surface area contributed by atoms with E-state index in [1.807, 2.05) is 24.3 Å². The molecule has 0 radical (unpaired) electrons. The highest BCUT2D eigenvalue weighted by Crippen LogP contribution is 2.28. The highest BCUT2D eigenvalue weighted by Gasteiger charge is 2.37. The van der Waals surface area contributed by atoms with Gasteiger partial charge in [0.05, 0.1) is 11.3 Å². The lowest BCUT2D eigenvalue weighted by Gasteiger charge is -2.07. The number of nitrogens with zero attached hydrogens (tertiary/aromatic N) is 2. The largest absolute Gasteiger partial charge is 0.618 e. The highest BCUT2D eigenvalue weighted by atomic mass is 16.5. The van der Waals surface area contributed by atoms with Crippen molar-refractivity contribution in [2.75, 3.05) is 11.9 Å². The Bertz CT molecular complexity index is 678. The summed E-state index contributed by atoms with van der Waals surface area (Å²) in [6, 6.07) is 16.1. The molecule has 94 valence electrons. The smallest absolute Gasteiger partial charge is 0.324 e. The Labute approximate surface area is 110 Å². The third-order valence-corrected chi connectivity index (χ3v) is 3.22. The second-order valence-corrected chi connectivity index (χ2v) is 4.36. The van der Waals surface area contributed by atoms with Crippen LogP contribution in [0.4, 0.5) is 11.4 Å². The summed E-state index contributed by atoms with van der Waals surface area (Å²) in [4.78, 5) is 13.7. The summed E-state index contributed by atoms with van der Waals surface area (Å²) >= 11 is 0. The van der Waals surface area contributed by atoms with E-state index in [-0.39, 0.29) is 11.6 Å². The summed E-state index contributed by atoms with van der Waals surface area (Å²) in [6.07, 6.45) is 0. The van der Waals surface area contributed by atoms with Crippen molar-refractivity contribution in [2.45, 2.75) is 0 Å². The summed E-state index contributed by atoms with van der Waals surface area (Å²) < 4.78 is 0.699. The van der Waals surface area contributed by atoms with Gasteiger partial charge in [-0.05, 0) is 12.1 Å². The number of likely N-dealkylation sites (N-methyl/N-ethyl adjacent to an activating group) is 1. The molecule has 0 aliphatic carbocycles. The van der Waals surface area contributed by atoms with Crippen molar-refractivity contribution < 1.29 is 9.53 Å². The van der Waals surface area contributed by atoms with Crippen LogP contribution >= 0.6 is 0 Å². The van der Waals surface area contributed by atoms with Gasteiger partial charge in [-0.15, -0.1) is 0 Å². The van der Waals surface area contributed by atoms with Crippen molar-refractivity contribution in [3.05, 3.63) is 65.4 Å². The van der Waals surface area contributed by atoms with Crippen LogP contribution in [-0.2, 0) is 4.79 Å². The summed E-state index contributed by atoms with van der Waals surface area (Å²) in [5.74, 6) is -0.278. The topological polar surface area (TPSA) is 46.4 Å². The maximum atomic E-state index is 12.4. The molecule has 3 rings (SSSR count). The van der Waals surface area contributed by atoms with Gasteiger partial charge in [0.1, 0.15) is 0 Å². The number of benzene rings is 2. The fraction of sp³-hybridized carbons (Fsp3) is 0.0667. The van der Waals surface area contributed by atoms with Crippen molar-refractivity contribution in [1.29, 1.82) is 0 Å². The zero-order valence-electron chi connectivity index (χ0n) is 10.4. The Morgan fingerprint density at radius 1 is 1.00 bits per heavy atom. The molecule has 0 spiro atoms. The van der Waals surface area contributed by atoms with Gasteiger partial charge in [-0.1, -0.05) is 30.3 Å². The molecule has 1 amide bonds. The highest BCUT2D eigenvalue weighted by molar-refractivity contribution is 6.52. The predicted molar refractivity (Wildman–Crippen MR) is 73.7 cm³/mol. The molecule has 1 aliphatic rings. The first-order chi connectivity index (χ1) is 9.20. The minimum absolute atomic E-state index is 0.171. The number of hydrogen-bond donors (Lipinski definition) is 0. The van der Waals surface area contributed by atoms with Crippen LogP contribution in [0, 0.1) is 5.21 Å². The monoisotopic (exact) mass is 252 g/mol. The lowest BCUT2D eigenvalue weighted by atomic mass is 10.1. The number of para-hydroxylation sites is 2. The number of carbonyl (C=O) groups excluding carboxylic acids is 1. The van der Waals surface area contributed by atoms with Crippen LogP contribution in [-0.4, -0.2) is 23.4 Å². The van der Waals surface area contributed by atoms with Crippen molar-refractivity contribution in [3.8, 4) is 0 Å². The molecular formula is C15H12N2O2. The van der Waals surface area contributed by atoms with Crippen LogP contribution in [0.3, 0.4) is 0 Å². The molecule has 0 bridgehead atoms. The zero-order chi connectivity index (χ0) is 13.4. The van der Waals surface area contributed by atoms with Crippen LogP contribution in [0.15, 0.2) is 54.6 Å². The third kappa shape index (κ3) is 1.69. The number of fused-ring (bicyclic) bond motifs is 1. The number of anilines is 1. The van der Waals surface area contributed by atoms with E-state index in [0.29, 0.717) is 16.0 Å². The van der Waals surface area contributed by atoms with Crippen LogP contribution in [0.5, 0.6) is 0 Å². The fourth-order valence-electron chi connectivity index (χ4n) is 2.24. The van der Waals surface area contributed by atoms with E-state index in [0.717, 1.165) is 5.69 Å². The lowest BCUT2D eigenvalue weighted by Crippen LogP contribution is -2.29. The minimum atomic E-state index is -0.278. The molecule has 0 unspecified atom stereocenters. The van der Waals surface area contributed by atoms with E-state index in [1.54, 1.807) is 37.4 Å². The first kappa shape index (κ1) is 11.5. The Hall–Kier alpha value is -2.62. The average molecular weight is 252 g/mol. The van der Waals surface area contributed by atoms with E-state index in [1.165, 1.54) is 4.90 Å². The molecule has 0 saturated heterocycles. The summed E-state index contributed by atoms with van der Waals surface area (Å²) in [5, 5.41) is 12.4. The Morgan fingerprint density at radius 2 is 1.63 bits per heavy atom. The lowest BCUT2D eigenvalue weighted by molar-refractivity contribution is -0.359. The summed E-state index contributed by atoms with van der Waals surface area (Å²) in [5.41, 5.74) is 2.06. The van der Waals surface area contributed by atoms with Gasteiger partial charge in [-0.3, -0.25) is 4.79 Å². The maximum absolute atomic E-state index is 12.4. The zero-order valence-corrected chi connectivity index (χ0v) is 10.4. The molecule has 0 atom stereocenters. The second kappa shape index (κ2) is 4.24. The molecule has 1 heterocycles. The number of hydrogen-bond acceptors (Lipinski definition) is 2.